The summed E-state index contributed by atoms with van der Waals surface area (Å²) in [6.45, 7) is 0.452. The topological polar surface area (TPSA) is 60.9 Å². The van der Waals surface area contributed by atoms with E-state index in [1.165, 1.54) is 0 Å². The summed E-state index contributed by atoms with van der Waals surface area (Å²) in [5.41, 5.74) is 3.86. The highest BCUT2D eigenvalue weighted by molar-refractivity contribution is 5.88. The number of rotatable bonds is 4. The lowest BCUT2D eigenvalue weighted by Gasteiger charge is -2.58. The average Bonchev–Trinajstić information content (AvgIpc) is 2.86. The molecule has 0 saturated carbocycles. The first-order chi connectivity index (χ1) is 16.6. The largest absolute Gasteiger partial charge is 0.394 e. The number of aliphatic hydroxyl groups excluding tert-OH is 1. The van der Waals surface area contributed by atoms with E-state index in [9.17, 15) is 14.7 Å². The Labute approximate surface area is 199 Å². The molecule has 3 aromatic carbocycles. The number of nitrogens with zero attached hydrogens (tertiary/aromatic N) is 2. The molecule has 0 unspecified atom stereocenters. The van der Waals surface area contributed by atoms with Crippen molar-refractivity contribution < 1.29 is 14.7 Å². The van der Waals surface area contributed by atoms with Gasteiger partial charge < -0.3 is 14.9 Å². The summed E-state index contributed by atoms with van der Waals surface area (Å²) in [5.74, 6) is 6.18. The summed E-state index contributed by atoms with van der Waals surface area (Å²) < 4.78 is 0. The smallest absolute Gasteiger partial charge is 0.242 e. The maximum absolute atomic E-state index is 12.9. The van der Waals surface area contributed by atoms with Gasteiger partial charge in [-0.2, -0.15) is 0 Å². The van der Waals surface area contributed by atoms with E-state index in [2.05, 4.69) is 11.8 Å². The van der Waals surface area contributed by atoms with Gasteiger partial charge in [-0.15, -0.1) is 0 Å². The predicted molar refractivity (Wildman–Crippen MR) is 130 cm³/mol. The van der Waals surface area contributed by atoms with Crippen LogP contribution >= 0.6 is 0 Å². The van der Waals surface area contributed by atoms with Crippen LogP contribution in [0, 0.1) is 11.8 Å². The second-order valence-corrected chi connectivity index (χ2v) is 8.82. The predicted octanol–water partition coefficient (Wildman–Crippen LogP) is 2.83. The van der Waals surface area contributed by atoms with E-state index in [0.29, 0.717) is 6.54 Å². The van der Waals surface area contributed by atoms with E-state index in [1.54, 1.807) is 9.80 Å². The Hall–Kier alpha value is -3.88. The second kappa shape index (κ2) is 9.54. The Kier molecular flexibility index (Phi) is 6.16. The lowest BCUT2D eigenvalue weighted by Crippen LogP contribution is -2.73. The summed E-state index contributed by atoms with van der Waals surface area (Å²) >= 11 is 0. The second-order valence-electron chi connectivity index (χ2n) is 8.82. The number of hydrogen-bond donors (Lipinski definition) is 1. The van der Waals surface area contributed by atoms with Crippen LogP contribution in [0.15, 0.2) is 84.9 Å². The van der Waals surface area contributed by atoms with Gasteiger partial charge in [0.25, 0.3) is 0 Å². The maximum atomic E-state index is 12.9. The molecular weight excluding hydrogens is 424 g/mol. The van der Waals surface area contributed by atoms with Crippen molar-refractivity contribution >= 4 is 11.8 Å². The number of piperazine rings is 1. The molecule has 3 aromatic rings. The molecule has 5 rings (SSSR count). The van der Waals surface area contributed by atoms with Crippen molar-refractivity contribution in [2.75, 3.05) is 19.7 Å². The van der Waals surface area contributed by atoms with Crippen LogP contribution in [0.3, 0.4) is 0 Å². The minimum atomic E-state index is -0.259. The third-order valence-electron chi connectivity index (χ3n) is 6.72. The zero-order chi connectivity index (χ0) is 23.5. The molecular formula is C29H26N2O3. The van der Waals surface area contributed by atoms with Gasteiger partial charge in [0, 0.05) is 23.6 Å². The Morgan fingerprint density at radius 3 is 2.15 bits per heavy atom. The quantitative estimate of drug-likeness (QED) is 0.622. The van der Waals surface area contributed by atoms with E-state index < -0.39 is 0 Å². The maximum Gasteiger partial charge on any atom is 0.242 e. The van der Waals surface area contributed by atoms with Crippen LogP contribution in [0.25, 0.3) is 0 Å². The molecule has 3 atom stereocenters. The van der Waals surface area contributed by atoms with Crippen LogP contribution in [0.5, 0.6) is 0 Å². The van der Waals surface area contributed by atoms with Gasteiger partial charge in [-0.1, -0.05) is 72.5 Å². The minimum Gasteiger partial charge on any atom is -0.394 e. The molecule has 0 radical (unpaired) electrons. The fourth-order valence-corrected chi connectivity index (χ4v) is 5.03. The Balaban J connectivity index is 1.31. The molecule has 34 heavy (non-hydrogen) atoms. The van der Waals surface area contributed by atoms with E-state index in [1.807, 2.05) is 84.9 Å². The highest BCUT2D eigenvalue weighted by atomic mass is 16.3. The average molecular weight is 451 g/mol. The van der Waals surface area contributed by atoms with Gasteiger partial charge in [-0.25, -0.2) is 0 Å². The Bertz CT molecular complexity index is 1230. The molecule has 2 saturated heterocycles. The third-order valence-corrected chi connectivity index (χ3v) is 6.72. The molecule has 2 aliphatic heterocycles. The van der Waals surface area contributed by atoms with Gasteiger partial charge in [0.05, 0.1) is 31.7 Å². The van der Waals surface area contributed by atoms with Crippen molar-refractivity contribution in [2.45, 2.75) is 24.4 Å². The molecule has 170 valence electrons. The SMILES string of the molecule is O=C(Cc1ccccc1)N1CC(=O)N2[C@@H](CO)[C@@H](c3ccc(C#Cc4ccccc4)cc3)[C@@H]2C1. The van der Waals surface area contributed by atoms with Gasteiger partial charge in [0.15, 0.2) is 0 Å². The standard InChI is InChI=1S/C29H26N2O3/c32-20-26-29(24-15-13-22(14-16-24)12-11-21-7-3-1-4-8-21)25-18-30(19-28(34)31(25)26)27(33)17-23-9-5-2-6-10-23/h1-10,13-16,25-26,29,32H,17-20H2/t25-,26-,29-/m0/s1. The summed E-state index contributed by atoms with van der Waals surface area (Å²) in [4.78, 5) is 29.2. The molecule has 0 bridgehead atoms. The van der Waals surface area contributed by atoms with Crippen LogP contribution in [0.1, 0.15) is 28.2 Å². The highest BCUT2D eigenvalue weighted by Gasteiger charge is 2.54. The molecule has 2 heterocycles. The third kappa shape index (κ3) is 4.33. The van der Waals surface area contributed by atoms with Crippen LogP contribution in [0.4, 0.5) is 0 Å². The molecule has 2 fully saturated rings. The summed E-state index contributed by atoms with van der Waals surface area (Å²) in [5, 5.41) is 10.0. The first-order valence-corrected chi connectivity index (χ1v) is 11.5. The van der Waals surface area contributed by atoms with Crippen molar-refractivity contribution in [2.24, 2.45) is 0 Å². The number of carbonyl (C=O) groups excluding carboxylic acids is 2. The van der Waals surface area contributed by atoms with E-state index in [-0.39, 0.29) is 49.4 Å². The molecule has 1 N–H and O–H groups in total. The van der Waals surface area contributed by atoms with Crippen molar-refractivity contribution in [1.29, 1.82) is 0 Å². The Morgan fingerprint density at radius 2 is 1.50 bits per heavy atom. The van der Waals surface area contributed by atoms with Crippen molar-refractivity contribution in [3.8, 4) is 11.8 Å². The molecule has 5 nitrogen and oxygen atoms in total. The van der Waals surface area contributed by atoms with Gasteiger partial charge >= 0.3 is 0 Å². The van der Waals surface area contributed by atoms with Gasteiger partial charge in [-0.3, -0.25) is 9.59 Å². The number of amides is 2. The minimum absolute atomic E-state index is 0.0163. The van der Waals surface area contributed by atoms with Crippen LogP contribution < -0.4 is 0 Å². The fourth-order valence-electron chi connectivity index (χ4n) is 5.03. The summed E-state index contributed by atoms with van der Waals surface area (Å²) in [6, 6.07) is 27.0. The first kappa shape index (κ1) is 21.9. The number of hydrogen-bond acceptors (Lipinski definition) is 3. The molecule has 0 spiro atoms. The molecule has 2 aliphatic rings. The van der Waals surface area contributed by atoms with Gasteiger partial charge in [0.2, 0.25) is 11.8 Å². The number of benzene rings is 3. The molecule has 5 heteroatoms. The number of fused-ring (bicyclic) bond motifs is 1. The monoisotopic (exact) mass is 450 g/mol. The van der Waals surface area contributed by atoms with Crippen molar-refractivity contribution in [3.63, 3.8) is 0 Å². The van der Waals surface area contributed by atoms with Crippen LogP contribution in [-0.2, 0) is 16.0 Å². The zero-order valence-electron chi connectivity index (χ0n) is 18.8. The number of aliphatic hydroxyl groups is 1. The lowest BCUT2D eigenvalue weighted by molar-refractivity contribution is -0.166. The van der Waals surface area contributed by atoms with Gasteiger partial charge in [-0.05, 0) is 35.4 Å². The zero-order valence-corrected chi connectivity index (χ0v) is 18.8. The summed E-state index contributed by atoms with van der Waals surface area (Å²) in [7, 11) is 0. The molecule has 0 aromatic heterocycles. The van der Waals surface area contributed by atoms with Crippen molar-refractivity contribution in [3.05, 3.63) is 107 Å². The number of carbonyl (C=O) groups is 2. The summed E-state index contributed by atoms with van der Waals surface area (Å²) in [6.07, 6.45) is 0.281. The molecule has 0 aliphatic carbocycles. The fraction of sp³-hybridized carbons (Fsp3) is 0.241. The van der Waals surface area contributed by atoms with E-state index in [4.69, 9.17) is 0 Å². The first-order valence-electron chi connectivity index (χ1n) is 11.5. The van der Waals surface area contributed by atoms with E-state index in [0.717, 1.165) is 22.3 Å². The van der Waals surface area contributed by atoms with Crippen LogP contribution in [-0.4, -0.2) is 58.5 Å². The van der Waals surface area contributed by atoms with Crippen molar-refractivity contribution in [1.82, 2.24) is 9.80 Å². The molecule has 2 amide bonds. The normalized spacial score (nSPS) is 21.2. The lowest BCUT2D eigenvalue weighted by atomic mass is 9.73. The van der Waals surface area contributed by atoms with Gasteiger partial charge in [0.1, 0.15) is 0 Å². The highest BCUT2D eigenvalue weighted by Crippen LogP contribution is 2.43. The van der Waals surface area contributed by atoms with Crippen LogP contribution in [0.2, 0.25) is 0 Å². The Morgan fingerprint density at radius 1 is 0.882 bits per heavy atom. The van der Waals surface area contributed by atoms with E-state index >= 15 is 0 Å².